The lowest BCUT2D eigenvalue weighted by Crippen LogP contribution is -2.41. The van der Waals surface area contributed by atoms with Gasteiger partial charge in [-0.25, -0.2) is 4.79 Å². The minimum atomic E-state index is -0.150. The Labute approximate surface area is 172 Å². The third-order valence-corrected chi connectivity index (χ3v) is 5.48. The number of benzene rings is 2. The number of nitrogens with zero attached hydrogens (tertiary/aromatic N) is 1. The van der Waals surface area contributed by atoms with Crippen LogP contribution in [0.1, 0.15) is 48.1 Å². The fraction of sp³-hybridized carbons (Fsp3) is 0.333. The number of anilines is 1. The maximum Gasteiger partial charge on any atom is 0.317 e. The molecule has 29 heavy (non-hydrogen) atoms. The van der Waals surface area contributed by atoms with Gasteiger partial charge in [-0.15, -0.1) is 0 Å². The number of carbonyl (C=O) groups excluding carboxylic acids is 2. The first kappa shape index (κ1) is 20.6. The summed E-state index contributed by atoms with van der Waals surface area (Å²) >= 11 is 0. The van der Waals surface area contributed by atoms with Crippen molar-refractivity contribution < 1.29 is 9.59 Å². The topological polar surface area (TPSA) is 61.4 Å². The van der Waals surface area contributed by atoms with Crippen LogP contribution in [0, 0.1) is 5.92 Å². The Bertz CT molecular complexity index is 863. The maximum absolute atomic E-state index is 12.6. The SMILES string of the molecule is CC(c1cccc(NC(=O)c2ccccc2)c1)N(C)C(=O)NCC1CC=CCC1. The molecule has 2 unspecified atom stereocenters. The summed E-state index contributed by atoms with van der Waals surface area (Å²) in [5.74, 6) is 0.368. The summed E-state index contributed by atoms with van der Waals surface area (Å²) in [4.78, 5) is 26.7. The largest absolute Gasteiger partial charge is 0.338 e. The first-order valence-corrected chi connectivity index (χ1v) is 10.2. The van der Waals surface area contributed by atoms with Crippen molar-refractivity contribution in [1.29, 1.82) is 0 Å². The van der Waals surface area contributed by atoms with E-state index >= 15 is 0 Å². The summed E-state index contributed by atoms with van der Waals surface area (Å²) in [5, 5.41) is 5.98. The number of rotatable bonds is 6. The molecule has 3 rings (SSSR count). The van der Waals surface area contributed by atoms with E-state index in [4.69, 9.17) is 0 Å². The standard InChI is InChI=1S/C24H29N3O2/c1-18(27(2)24(29)25-17-19-10-5-3-6-11-19)21-14-9-15-22(16-21)26-23(28)20-12-7-4-8-13-20/h3-5,7-9,12-16,18-19H,6,10-11,17H2,1-2H3,(H,25,29)(H,26,28). The molecule has 2 aromatic rings. The Kier molecular flexibility index (Phi) is 7.06. The Morgan fingerprint density at radius 1 is 1.10 bits per heavy atom. The van der Waals surface area contributed by atoms with E-state index in [2.05, 4.69) is 22.8 Å². The smallest absolute Gasteiger partial charge is 0.317 e. The lowest BCUT2D eigenvalue weighted by Gasteiger charge is -2.27. The number of amides is 3. The molecule has 0 spiro atoms. The van der Waals surface area contributed by atoms with Crippen molar-refractivity contribution in [3.8, 4) is 0 Å². The molecular weight excluding hydrogens is 362 g/mol. The number of hydrogen-bond acceptors (Lipinski definition) is 2. The van der Waals surface area contributed by atoms with Crippen LogP contribution in [0.25, 0.3) is 0 Å². The normalized spacial score (nSPS) is 16.7. The Hall–Kier alpha value is -3.08. The highest BCUT2D eigenvalue weighted by Crippen LogP contribution is 2.23. The minimum Gasteiger partial charge on any atom is -0.338 e. The van der Waals surface area contributed by atoms with Gasteiger partial charge in [0.25, 0.3) is 5.91 Å². The van der Waals surface area contributed by atoms with Crippen LogP contribution in [0.5, 0.6) is 0 Å². The number of hydrogen-bond donors (Lipinski definition) is 2. The van der Waals surface area contributed by atoms with Crippen molar-refractivity contribution in [2.45, 2.75) is 32.2 Å². The molecule has 0 saturated heterocycles. The van der Waals surface area contributed by atoms with Gasteiger partial charge in [0, 0.05) is 24.8 Å². The van der Waals surface area contributed by atoms with E-state index in [9.17, 15) is 9.59 Å². The monoisotopic (exact) mass is 391 g/mol. The van der Waals surface area contributed by atoms with Crippen molar-refractivity contribution in [2.24, 2.45) is 5.92 Å². The van der Waals surface area contributed by atoms with Gasteiger partial charge >= 0.3 is 6.03 Å². The molecule has 0 fully saturated rings. The third kappa shape index (κ3) is 5.70. The Balaban J connectivity index is 1.59. The van der Waals surface area contributed by atoms with Crippen LogP contribution in [0.3, 0.4) is 0 Å². The molecule has 2 N–H and O–H groups in total. The van der Waals surface area contributed by atoms with Crippen LogP contribution in [-0.4, -0.2) is 30.4 Å². The maximum atomic E-state index is 12.6. The van der Waals surface area contributed by atoms with Crippen LogP contribution in [0.15, 0.2) is 66.7 Å². The van der Waals surface area contributed by atoms with E-state index in [-0.39, 0.29) is 18.0 Å². The van der Waals surface area contributed by atoms with Crippen LogP contribution in [0.4, 0.5) is 10.5 Å². The van der Waals surface area contributed by atoms with Gasteiger partial charge in [-0.1, -0.05) is 42.5 Å². The van der Waals surface area contributed by atoms with Crippen molar-refractivity contribution in [1.82, 2.24) is 10.2 Å². The number of urea groups is 1. The first-order chi connectivity index (χ1) is 14.0. The van der Waals surface area contributed by atoms with Gasteiger partial charge in [-0.2, -0.15) is 0 Å². The summed E-state index contributed by atoms with van der Waals surface area (Å²) in [5.41, 5.74) is 2.29. The highest BCUT2D eigenvalue weighted by molar-refractivity contribution is 6.04. The molecule has 0 radical (unpaired) electrons. The molecule has 0 aliphatic heterocycles. The fourth-order valence-electron chi connectivity index (χ4n) is 3.47. The van der Waals surface area contributed by atoms with Gasteiger partial charge in [0.2, 0.25) is 0 Å². The highest BCUT2D eigenvalue weighted by Gasteiger charge is 2.19. The molecule has 0 saturated carbocycles. The van der Waals surface area contributed by atoms with E-state index < -0.39 is 0 Å². The quantitative estimate of drug-likeness (QED) is 0.681. The predicted molar refractivity (Wildman–Crippen MR) is 117 cm³/mol. The van der Waals surface area contributed by atoms with Crippen molar-refractivity contribution in [2.75, 3.05) is 18.9 Å². The van der Waals surface area contributed by atoms with Gasteiger partial charge in [0.15, 0.2) is 0 Å². The molecule has 0 heterocycles. The molecule has 5 heteroatoms. The molecule has 5 nitrogen and oxygen atoms in total. The molecule has 1 aliphatic rings. The van der Waals surface area contributed by atoms with Crippen molar-refractivity contribution >= 4 is 17.6 Å². The summed E-state index contributed by atoms with van der Waals surface area (Å²) in [6.45, 7) is 2.69. The average molecular weight is 392 g/mol. The van der Waals surface area contributed by atoms with Gasteiger partial charge in [-0.3, -0.25) is 4.79 Å². The van der Waals surface area contributed by atoms with Crippen molar-refractivity contribution in [3.63, 3.8) is 0 Å². The molecule has 3 amide bonds. The zero-order chi connectivity index (χ0) is 20.6. The second-order valence-corrected chi connectivity index (χ2v) is 7.57. The zero-order valence-electron chi connectivity index (χ0n) is 17.1. The Morgan fingerprint density at radius 3 is 2.62 bits per heavy atom. The molecule has 0 aromatic heterocycles. The van der Waals surface area contributed by atoms with E-state index in [1.807, 2.05) is 49.4 Å². The second-order valence-electron chi connectivity index (χ2n) is 7.57. The lowest BCUT2D eigenvalue weighted by atomic mass is 9.94. The molecular formula is C24H29N3O2. The molecule has 2 aromatic carbocycles. The van der Waals surface area contributed by atoms with Gasteiger partial charge < -0.3 is 15.5 Å². The third-order valence-electron chi connectivity index (χ3n) is 5.48. The van der Waals surface area contributed by atoms with Crippen LogP contribution in [0.2, 0.25) is 0 Å². The molecule has 0 bridgehead atoms. The number of carbonyl (C=O) groups is 2. The summed E-state index contributed by atoms with van der Waals surface area (Å²) in [6.07, 6.45) is 7.65. The van der Waals surface area contributed by atoms with E-state index in [0.29, 0.717) is 23.7 Å². The number of nitrogens with one attached hydrogen (secondary N) is 2. The summed E-state index contributed by atoms with van der Waals surface area (Å²) in [6, 6.07) is 16.6. The van der Waals surface area contributed by atoms with Gasteiger partial charge in [-0.05, 0) is 61.9 Å². The lowest BCUT2D eigenvalue weighted by molar-refractivity contribution is 0.102. The predicted octanol–water partition coefficient (Wildman–Crippen LogP) is 5.00. The van der Waals surface area contributed by atoms with E-state index in [0.717, 1.165) is 24.8 Å². The molecule has 2 atom stereocenters. The van der Waals surface area contributed by atoms with E-state index in [1.54, 1.807) is 24.1 Å². The van der Waals surface area contributed by atoms with E-state index in [1.165, 1.54) is 0 Å². The van der Waals surface area contributed by atoms with Gasteiger partial charge in [0.1, 0.15) is 0 Å². The Morgan fingerprint density at radius 2 is 1.90 bits per heavy atom. The average Bonchev–Trinajstić information content (AvgIpc) is 2.78. The molecule has 152 valence electrons. The van der Waals surface area contributed by atoms with Crippen LogP contribution < -0.4 is 10.6 Å². The van der Waals surface area contributed by atoms with Crippen LogP contribution in [-0.2, 0) is 0 Å². The van der Waals surface area contributed by atoms with Gasteiger partial charge in [0.05, 0.1) is 6.04 Å². The zero-order valence-corrected chi connectivity index (χ0v) is 17.1. The summed E-state index contributed by atoms with van der Waals surface area (Å²) < 4.78 is 0. The number of allylic oxidation sites excluding steroid dienone is 2. The summed E-state index contributed by atoms with van der Waals surface area (Å²) in [7, 11) is 1.80. The first-order valence-electron chi connectivity index (χ1n) is 10.2. The van der Waals surface area contributed by atoms with Crippen molar-refractivity contribution in [3.05, 3.63) is 77.9 Å². The molecule has 1 aliphatic carbocycles. The minimum absolute atomic E-state index is 0.0780. The fourth-order valence-corrected chi connectivity index (χ4v) is 3.47. The van der Waals surface area contributed by atoms with Crippen LogP contribution >= 0.6 is 0 Å². The second kappa shape index (κ2) is 9.92. The highest BCUT2D eigenvalue weighted by atomic mass is 16.2.